The average Bonchev–Trinajstić information content (AvgIpc) is 2.77. The van der Waals surface area contributed by atoms with Gasteiger partial charge in [-0.3, -0.25) is 4.79 Å². The van der Waals surface area contributed by atoms with Gasteiger partial charge in [0.25, 0.3) is 0 Å². The molecule has 7 heteroatoms. The van der Waals surface area contributed by atoms with Crippen LogP contribution in [-0.2, 0) is 27.0 Å². The molecule has 0 saturated carbocycles. The molecule has 168 valence electrons. The summed E-state index contributed by atoms with van der Waals surface area (Å²) >= 11 is 0. The van der Waals surface area contributed by atoms with Crippen molar-refractivity contribution in [1.29, 1.82) is 0 Å². The van der Waals surface area contributed by atoms with Gasteiger partial charge < -0.3 is 10.1 Å². The minimum atomic E-state index is -3.38. The first kappa shape index (κ1) is 23.3. The van der Waals surface area contributed by atoms with Gasteiger partial charge in [0.2, 0.25) is 15.9 Å². The minimum absolute atomic E-state index is 0.00210. The van der Waals surface area contributed by atoms with Gasteiger partial charge in [0.1, 0.15) is 12.4 Å². The fourth-order valence-electron chi connectivity index (χ4n) is 3.81. The molecule has 2 aromatic rings. The number of aryl methyl sites for hydroxylation is 2. The maximum atomic E-state index is 12.7. The topological polar surface area (TPSA) is 75.7 Å². The molecule has 2 aromatic carbocycles. The molecule has 0 spiro atoms. The molecule has 1 aliphatic rings. The number of ether oxygens (including phenoxy) is 1. The number of piperidine rings is 1. The molecule has 1 N–H and O–H groups in total. The van der Waals surface area contributed by atoms with Crippen LogP contribution >= 0.6 is 0 Å². The molecule has 1 heterocycles. The second-order valence-electron chi connectivity index (χ2n) is 8.06. The van der Waals surface area contributed by atoms with Crippen molar-refractivity contribution < 1.29 is 17.9 Å². The predicted octanol–water partition coefficient (Wildman–Crippen LogP) is 3.29. The highest BCUT2D eigenvalue weighted by Crippen LogP contribution is 2.22. The van der Waals surface area contributed by atoms with E-state index in [9.17, 15) is 13.2 Å². The van der Waals surface area contributed by atoms with E-state index in [0.29, 0.717) is 39.1 Å². The van der Waals surface area contributed by atoms with Crippen molar-refractivity contribution in [2.75, 3.05) is 26.2 Å². The monoisotopic (exact) mass is 444 g/mol. The van der Waals surface area contributed by atoms with Crippen LogP contribution in [0.1, 0.15) is 36.5 Å². The third-order valence-corrected chi connectivity index (χ3v) is 7.50. The van der Waals surface area contributed by atoms with E-state index >= 15 is 0 Å². The van der Waals surface area contributed by atoms with Crippen molar-refractivity contribution in [3.63, 3.8) is 0 Å². The van der Waals surface area contributed by atoms with E-state index in [4.69, 9.17) is 4.74 Å². The molecule has 6 nitrogen and oxygen atoms in total. The van der Waals surface area contributed by atoms with E-state index in [1.807, 2.05) is 55.5 Å². The molecule has 0 unspecified atom stereocenters. The summed E-state index contributed by atoms with van der Waals surface area (Å²) in [4.78, 5) is 12.4. The zero-order chi connectivity index (χ0) is 22.3. The van der Waals surface area contributed by atoms with Gasteiger partial charge in [-0.2, -0.15) is 0 Å². The quantitative estimate of drug-likeness (QED) is 0.602. The fourth-order valence-corrected chi connectivity index (χ4v) is 5.36. The highest BCUT2D eigenvalue weighted by Gasteiger charge is 2.31. The molecule has 3 rings (SSSR count). The summed E-state index contributed by atoms with van der Waals surface area (Å²) in [5.74, 6) is 0.607. The first-order valence-corrected chi connectivity index (χ1v) is 12.5. The van der Waals surface area contributed by atoms with Gasteiger partial charge in [0, 0.05) is 19.0 Å². The van der Waals surface area contributed by atoms with Crippen LogP contribution in [0.3, 0.4) is 0 Å². The normalized spacial score (nSPS) is 15.5. The Bertz CT molecular complexity index is 965. The molecule has 0 atom stereocenters. The lowest BCUT2D eigenvalue weighted by Crippen LogP contribution is -2.43. The first-order valence-electron chi connectivity index (χ1n) is 10.9. The number of hydrogen-bond acceptors (Lipinski definition) is 4. The lowest BCUT2D eigenvalue weighted by Gasteiger charge is -2.30. The number of nitrogens with zero attached hydrogens (tertiary/aromatic N) is 1. The van der Waals surface area contributed by atoms with Gasteiger partial charge in [0.15, 0.2) is 0 Å². The van der Waals surface area contributed by atoms with Gasteiger partial charge in [0.05, 0.1) is 12.3 Å². The summed E-state index contributed by atoms with van der Waals surface area (Å²) < 4.78 is 32.7. The van der Waals surface area contributed by atoms with Crippen molar-refractivity contribution in [2.45, 2.75) is 38.9 Å². The van der Waals surface area contributed by atoms with Crippen molar-refractivity contribution in [1.82, 2.24) is 9.62 Å². The number of nitrogens with one attached hydrogen (secondary N) is 1. The number of carbonyl (C=O) groups is 1. The highest BCUT2D eigenvalue weighted by molar-refractivity contribution is 7.88. The van der Waals surface area contributed by atoms with E-state index in [-0.39, 0.29) is 17.6 Å². The number of benzene rings is 2. The molecule has 1 amide bonds. The second kappa shape index (κ2) is 10.8. The van der Waals surface area contributed by atoms with E-state index in [1.54, 1.807) is 0 Å². The Morgan fingerprint density at radius 1 is 1.10 bits per heavy atom. The van der Waals surface area contributed by atoms with Crippen LogP contribution in [0.5, 0.6) is 5.75 Å². The molecule has 1 aliphatic heterocycles. The molecular formula is C24H32N2O4S. The van der Waals surface area contributed by atoms with Crippen LogP contribution in [0.15, 0.2) is 48.5 Å². The second-order valence-corrected chi connectivity index (χ2v) is 10.0. The van der Waals surface area contributed by atoms with Gasteiger partial charge in [-0.15, -0.1) is 0 Å². The number of hydrogen-bond donors (Lipinski definition) is 1. The number of sulfonamides is 1. The molecule has 31 heavy (non-hydrogen) atoms. The lowest BCUT2D eigenvalue weighted by atomic mass is 9.97. The zero-order valence-corrected chi connectivity index (χ0v) is 19.2. The van der Waals surface area contributed by atoms with Gasteiger partial charge >= 0.3 is 0 Å². The van der Waals surface area contributed by atoms with Crippen LogP contribution in [0.25, 0.3) is 0 Å². The average molecular weight is 445 g/mol. The van der Waals surface area contributed by atoms with Crippen LogP contribution < -0.4 is 10.1 Å². The van der Waals surface area contributed by atoms with Gasteiger partial charge in [-0.25, -0.2) is 12.7 Å². The van der Waals surface area contributed by atoms with Crippen molar-refractivity contribution in [3.05, 3.63) is 65.2 Å². The molecule has 1 fully saturated rings. The molecule has 0 aliphatic carbocycles. The van der Waals surface area contributed by atoms with Gasteiger partial charge in [-0.1, -0.05) is 48.9 Å². The largest absolute Gasteiger partial charge is 0.492 e. The standard InChI is InChI=1S/C24H32N2O4S/c1-3-20-7-9-23(10-8-20)30-16-13-25-24(27)22-11-14-26(15-12-22)31(28,29)18-21-6-4-5-19(2)17-21/h4-10,17,22H,3,11-16,18H2,1-2H3,(H,25,27). The van der Waals surface area contributed by atoms with Crippen molar-refractivity contribution in [3.8, 4) is 5.75 Å². The van der Waals surface area contributed by atoms with Crippen LogP contribution in [0.4, 0.5) is 0 Å². The summed E-state index contributed by atoms with van der Waals surface area (Å²) in [7, 11) is -3.38. The van der Waals surface area contributed by atoms with Crippen LogP contribution in [0, 0.1) is 12.8 Å². The predicted molar refractivity (Wildman–Crippen MR) is 122 cm³/mol. The smallest absolute Gasteiger partial charge is 0.223 e. The molecular weight excluding hydrogens is 412 g/mol. The summed E-state index contributed by atoms with van der Waals surface area (Å²) in [6, 6.07) is 15.5. The Labute approximate surface area is 185 Å². The van der Waals surface area contributed by atoms with E-state index < -0.39 is 10.0 Å². The summed E-state index contributed by atoms with van der Waals surface area (Å²) in [5, 5.41) is 2.91. The SMILES string of the molecule is CCc1ccc(OCCNC(=O)C2CCN(S(=O)(=O)Cc3cccc(C)c3)CC2)cc1. The van der Waals surface area contributed by atoms with E-state index in [0.717, 1.165) is 23.3 Å². The third-order valence-electron chi connectivity index (χ3n) is 5.65. The summed E-state index contributed by atoms with van der Waals surface area (Å²) in [5.41, 5.74) is 3.10. The van der Waals surface area contributed by atoms with Crippen LogP contribution in [-0.4, -0.2) is 44.9 Å². The Kier molecular flexibility index (Phi) is 8.09. The first-order chi connectivity index (χ1) is 14.9. The Morgan fingerprint density at radius 2 is 1.81 bits per heavy atom. The summed E-state index contributed by atoms with van der Waals surface area (Å²) in [6.07, 6.45) is 2.07. The maximum Gasteiger partial charge on any atom is 0.223 e. The minimum Gasteiger partial charge on any atom is -0.492 e. The number of amides is 1. The third kappa shape index (κ3) is 6.80. The molecule has 0 radical (unpaired) electrons. The number of rotatable bonds is 9. The lowest BCUT2D eigenvalue weighted by molar-refractivity contribution is -0.126. The van der Waals surface area contributed by atoms with E-state index in [2.05, 4.69) is 12.2 Å². The van der Waals surface area contributed by atoms with Crippen molar-refractivity contribution >= 4 is 15.9 Å². The van der Waals surface area contributed by atoms with Crippen LogP contribution in [0.2, 0.25) is 0 Å². The van der Waals surface area contributed by atoms with Gasteiger partial charge in [-0.05, 0) is 49.4 Å². The molecule has 0 aromatic heterocycles. The fraction of sp³-hybridized carbons (Fsp3) is 0.458. The van der Waals surface area contributed by atoms with E-state index in [1.165, 1.54) is 9.87 Å². The zero-order valence-electron chi connectivity index (χ0n) is 18.3. The summed E-state index contributed by atoms with van der Waals surface area (Å²) in [6.45, 7) is 5.66. The van der Waals surface area contributed by atoms with Crippen molar-refractivity contribution in [2.24, 2.45) is 5.92 Å². The molecule has 1 saturated heterocycles. The Hall–Kier alpha value is -2.38. The Morgan fingerprint density at radius 3 is 2.45 bits per heavy atom. The Balaban J connectivity index is 1.39. The molecule has 0 bridgehead atoms. The maximum absolute atomic E-state index is 12.7. The highest BCUT2D eigenvalue weighted by atomic mass is 32.2. The number of carbonyl (C=O) groups excluding carboxylic acids is 1.